The fourth-order valence-electron chi connectivity index (χ4n) is 2.37. The van der Waals surface area contributed by atoms with Crippen molar-refractivity contribution < 1.29 is 0 Å². The minimum absolute atomic E-state index is 0.531. The molecule has 3 heterocycles. The van der Waals surface area contributed by atoms with E-state index in [4.69, 9.17) is 11.6 Å². The van der Waals surface area contributed by atoms with Gasteiger partial charge in [0.05, 0.1) is 11.7 Å². The molecule has 2 aromatic heterocycles. The van der Waals surface area contributed by atoms with Gasteiger partial charge in [0.1, 0.15) is 0 Å². The molecule has 0 amide bonds. The summed E-state index contributed by atoms with van der Waals surface area (Å²) in [4.78, 5) is 4.09. The first-order valence-corrected chi connectivity index (χ1v) is 6.05. The van der Waals surface area contributed by atoms with Crippen LogP contribution in [0.15, 0.2) is 24.5 Å². The Morgan fingerprint density at radius 2 is 2.44 bits per heavy atom. The molecular weight excluding hydrogens is 222 g/mol. The van der Waals surface area contributed by atoms with Crippen LogP contribution < -0.4 is 5.32 Å². The average molecular weight is 236 g/mol. The van der Waals surface area contributed by atoms with E-state index in [0.717, 1.165) is 18.6 Å². The highest BCUT2D eigenvalue weighted by Gasteiger charge is 2.15. The van der Waals surface area contributed by atoms with Crippen LogP contribution in [0.3, 0.4) is 0 Å². The van der Waals surface area contributed by atoms with E-state index in [1.165, 1.54) is 18.4 Å². The van der Waals surface area contributed by atoms with Crippen LogP contribution in [0.2, 0.25) is 5.28 Å². The van der Waals surface area contributed by atoms with E-state index < -0.39 is 0 Å². The fourth-order valence-corrected chi connectivity index (χ4v) is 2.58. The van der Waals surface area contributed by atoms with Crippen molar-refractivity contribution in [3.8, 4) is 0 Å². The van der Waals surface area contributed by atoms with Gasteiger partial charge < -0.3 is 5.32 Å². The van der Waals surface area contributed by atoms with Crippen LogP contribution in [0.25, 0.3) is 5.52 Å². The third kappa shape index (κ3) is 1.70. The largest absolute Gasteiger partial charge is 0.316 e. The molecule has 3 nitrogen and oxygen atoms in total. The Bertz CT molecular complexity index is 500. The van der Waals surface area contributed by atoms with Gasteiger partial charge in [0.25, 0.3) is 0 Å². The molecule has 0 saturated carbocycles. The number of piperidine rings is 1. The molecule has 1 aliphatic rings. The highest BCUT2D eigenvalue weighted by Crippen LogP contribution is 2.25. The monoisotopic (exact) mass is 235 g/mol. The molecule has 1 aliphatic heterocycles. The summed E-state index contributed by atoms with van der Waals surface area (Å²) in [5, 5.41) is 3.97. The summed E-state index contributed by atoms with van der Waals surface area (Å²) < 4.78 is 1.90. The second kappa shape index (κ2) is 4.07. The third-order valence-electron chi connectivity index (χ3n) is 3.28. The SMILES string of the molecule is Clc1ncc2cc(C3CCCNC3)ccn12. The summed E-state index contributed by atoms with van der Waals surface area (Å²) >= 11 is 5.95. The molecule has 2 aromatic rings. The maximum absolute atomic E-state index is 5.95. The van der Waals surface area contributed by atoms with Gasteiger partial charge in [-0.15, -0.1) is 0 Å². The van der Waals surface area contributed by atoms with Crippen LogP contribution in [0, 0.1) is 0 Å². The quantitative estimate of drug-likeness (QED) is 0.823. The van der Waals surface area contributed by atoms with Gasteiger partial charge in [0, 0.05) is 12.7 Å². The summed E-state index contributed by atoms with van der Waals surface area (Å²) in [6, 6.07) is 4.34. The standard InChI is InChI=1S/C12H14ClN3/c13-12-15-8-11-6-9(3-5-16(11)12)10-2-1-4-14-7-10/h3,5-6,8,10,14H,1-2,4,7H2. The molecule has 0 bridgehead atoms. The zero-order valence-corrected chi connectivity index (χ0v) is 9.74. The summed E-state index contributed by atoms with van der Waals surface area (Å²) in [5.74, 6) is 0.632. The molecule has 1 N–H and O–H groups in total. The minimum atomic E-state index is 0.531. The lowest BCUT2D eigenvalue weighted by Gasteiger charge is -2.23. The number of hydrogen-bond donors (Lipinski definition) is 1. The predicted octanol–water partition coefficient (Wildman–Crippen LogP) is 2.45. The number of pyridine rings is 1. The lowest BCUT2D eigenvalue weighted by atomic mass is 9.92. The van der Waals surface area contributed by atoms with Crippen molar-refractivity contribution in [3.05, 3.63) is 35.4 Å². The molecule has 0 aromatic carbocycles. The van der Waals surface area contributed by atoms with Gasteiger partial charge in [-0.2, -0.15) is 0 Å². The van der Waals surface area contributed by atoms with Crippen LogP contribution in [0.4, 0.5) is 0 Å². The second-order valence-corrected chi connectivity index (χ2v) is 4.66. The third-order valence-corrected chi connectivity index (χ3v) is 3.56. The van der Waals surface area contributed by atoms with Gasteiger partial charge in [0.2, 0.25) is 5.28 Å². The highest BCUT2D eigenvalue weighted by molar-refractivity contribution is 6.28. The van der Waals surface area contributed by atoms with Gasteiger partial charge in [-0.05, 0) is 54.6 Å². The van der Waals surface area contributed by atoms with Crippen molar-refractivity contribution in [1.82, 2.24) is 14.7 Å². The van der Waals surface area contributed by atoms with Crippen LogP contribution >= 0.6 is 11.6 Å². The Labute approximate surface area is 99.4 Å². The van der Waals surface area contributed by atoms with Crippen molar-refractivity contribution in [3.63, 3.8) is 0 Å². The van der Waals surface area contributed by atoms with Crippen molar-refractivity contribution >= 4 is 17.1 Å². The zero-order valence-electron chi connectivity index (χ0n) is 8.99. The number of fused-ring (bicyclic) bond motifs is 1. The number of imidazole rings is 1. The summed E-state index contributed by atoms with van der Waals surface area (Å²) in [7, 11) is 0. The lowest BCUT2D eigenvalue weighted by molar-refractivity contribution is 0.461. The van der Waals surface area contributed by atoms with E-state index in [1.807, 2.05) is 16.8 Å². The normalized spacial score (nSPS) is 21.4. The first kappa shape index (κ1) is 10.1. The first-order chi connectivity index (χ1) is 7.84. The molecular formula is C12H14ClN3. The maximum atomic E-state index is 5.95. The van der Waals surface area contributed by atoms with E-state index in [0.29, 0.717) is 11.2 Å². The molecule has 16 heavy (non-hydrogen) atoms. The molecule has 3 rings (SSSR count). The zero-order chi connectivity index (χ0) is 11.0. The number of rotatable bonds is 1. The number of halogens is 1. The Balaban J connectivity index is 1.97. The van der Waals surface area contributed by atoms with Crippen LogP contribution in [0.1, 0.15) is 24.3 Å². The van der Waals surface area contributed by atoms with E-state index in [1.54, 1.807) is 0 Å². The maximum Gasteiger partial charge on any atom is 0.207 e. The van der Waals surface area contributed by atoms with Gasteiger partial charge in [-0.25, -0.2) is 4.98 Å². The Hall–Kier alpha value is -1.06. The van der Waals surface area contributed by atoms with Crippen molar-refractivity contribution in [2.75, 3.05) is 13.1 Å². The molecule has 0 aliphatic carbocycles. The highest BCUT2D eigenvalue weighted by atomic mass is 35.5. The summed E-state index contributed by atoms with van der Waals surface area (Å²) in [6.07, 6.45) is 6.36. The van der Waals surface area contributed by atoms with Gasteiger partial charge in [0.15, 0.2) is 0 Å². The van der Waals surface area contributed by atoms with E-state index in [-0.39, 0.29) is 0 Å². The Morgan fingerprint density at radius 3 is 3.25 bits per heavy atom. The molecule has 84 valence electrons. The number of hydrogen-bond acceptors (Lipinski definition) is 2. The first-order valence-electron chi connectivity index (χ1n) is 5.68. The van der Waals surface area contributed by atoms with Crippen LogP contribution in [0.5, 0.6) is 0 Å². The van der Waals surface area contributed by atoms with Gasteiger partial charge in [-0.1, -0.05) is 0 Å². The molecule has 1 unspecified atom stereocenters. The smallest absolute Gasteiger partial charge is 0.207 e. The van der Waals surface area contributed by atoms with Crippen LogP contribution in [-0.2, 0) is 0 Å². The summed E-state index contributed by atoms with van der Waals surface area (Å²) in [6.45, 7) is 2.23. The molecule has 1 fully saturated rings. The molecule has 1 saturated heterocycles. The Kier molecular flexibility index (Phi) is 2.58. The molecule has 0 spiro atoms. The van der Waals surface area contributed by atoms with E-state index >= 15 is 0 Å². The van der Waals surface area contributed by atoms with Gasteiger partial charge >= 0.3 is 0 Å². The summed E-state index contributed by atoms with van der Waals surface area (Å²) in [5.41, 5.74) is 2.46. The molecule has 1 atom stereocenters. The number of aromatic nitrogens is 2. The lowest BCUT2D eigenvalue weighted by Crippen LogP contribution is -2.28. The number of nitrogens with zero attached hydrogens (tertiary/aromatic N) is 2. The minimum Gasteiger partial charge on any atom is -0.316 e. The van der Waals surface area contributed by atoms with Gasteiger partial charge in [-0.3, -0.25) is 4.40 Å². The fraction of sp³-hybridized carbons (Fsp3) is 0.417. The van der Waals surface area contributed by atoms with Crippen molar-refractivity contribution in [2.24, 2.45) is 0 Å². The number of nitrogens with one attached hydrogen (secondary N) is 1. The van der Waals surface area contributed by atoms with Crippen molar-refractivity contribution in [2.45, 2.75) is 18.8 Å². The predicted molar refractivity (Wildman–Crippen MR) is 65.0 cm³/mol. The topological polar surface area (TPSA) is 29.3 Å². The van der Waals surface area contributed by atoms with E-state index in [2.05, 4.69) is 22.4 Å². The average Bonchev–Trinajstić information content (AvgIpc) is 2.72. The molecule has 4 heteroatoms. The van der Waals surface area contributed by atoms with E-state index in [9.17, 15) is 0 Å². The van der Waals surface area contributed by atoms with Crippen molar-refractivity contribution in [1.29, 1.82) is 0 Å². The second-order valence-electron chi connectivity index (χ2n) is 4.33. The van der Waals surface area contributed by atoms with Crippen LogP contribution in [-0.4, -0.2) is 22.5 Å². The molecule has 0 radical (unpaired) electrons. The Morgan fingerprint density at radius 1 is 1.50 bits per heavy atom.